The molecule has 1 saturated heterocycles. The Bertz CT molecular complexity index is 1730. The Hall–Kier alpha value is -2.58. The van der Waals surface area contributed by atoms with E-state index in [4.69, 9.17) is 26.5 Å². The van der Waals surface area contributed by atoms with E-state index in [0.29, 0.717) is 11.8 Å². The molecule has 5 heteroatoms. The van der Waals surface area contributed by atoms with Crippen LogP contribution in [0.1, 0.15) is 62.5 Å². The number of fused-ring (bicyclic) bond motifs is 5. The quantitative estimate of drug-likeness (QED) is 0.311. The zero-order valence-electron chi connectivity index (χ0n) is 27.6. The van der Waals surface area contributed by atoms with Crippen LogP contribution in [0.15, 0.2) is 143 Å². The number of rotatable bonds is 4. The topological polar surface area (TPSA) is 18.5 Å². The van der Waals surface area contributed by atoms with E-state index >= 15 is 0 Å². The Morgan fingerprint density at radius 1 is 0.617 bits per heavy atom. The van der Waals surface area contributed by atoms with Gasteiger partial charge in [0, 0.05) is 0 Å². The molecule has 0 N–H and O–H groups in total. The molecule has 8 rings (SSSR count). The molecule has 5 aliphatic carbocycles. The van der Waals surface area contributed by atoms with Gasteiger partial charge in [0.25, 0.3) is 0 Å². The molecular weight excluding hydrogens is 699 g/mol. The number of halogens is 2. The van der Waals surface area contributed by atoms with Gasteiger partial charge < -0.3 is 0 Å². The minimum atomic E-state index is -4.40. The summed E-state index contributed by atoms with van der Waals surface area (Å²) in [5.41, 5.74) is 10.8. The molecule has 240 valence electrons. The van der Waals surface area contributed by atoms with Gasteiger partial charge in [0.1, 0.15) is 0 Å². The molecule has 1 saturated carbocycles. The van der Waals surface area contributed by atoms with Gasteiger partial charge in [0.2, 0.25) is 0 Å². The van der Waals surface area contributed by atoms with Gasteiger partial charge in [-0.2, -0.15) is 0 Å². The monoisotopic (exact) mass is 738 g/mol. The van der Waals surface area contributed by atoms with Crippen molar-refractivity contribution in [2.24, 2.45) is 11.8 Å². The number of hydrogen-bond acceptors (Lipinski definition) is 2. The molecule has 2 nitrogen and oxygen atoms in total. The molecule has 1 heterocycles. The Morgan fingerprint density at radius 3 is 1.40 bits per heavy atom. The van der Waals surface area contributed by atoms with E-state index in [-0.39, 0.29) is 18.1 Å². The average molecular weight is 741 g/mol. The van der Waals surface area contributed by atoms with E-state index in [2.05, 4.69) is 123 Å². The van der Waals surface area contributed by atoms with Gasteiger partial charge in [0.15, 0.2) is 0 Å². The molecule has 0 aromatic heterocycles. The van der Waals surface area contributed by atoms with Crippen LogP contribution in [0, 0.1) is 11.8 Å². The summed E-state index contributed by atoms with van der Waals surface area (Å²) in [4.78, 5) is 0. The van der Waals surface area contributed by atoms with Gasteiger partial charge in [-0.25, -0.2) is 0 Å². The minimum absolute atomic E-state index is 0.130. The first-order valence-electron chi connectivity index (χ1n) is 17.0. The van der Waals surface area contributed by atoms with Gasteiger partial charge in [-0.15, -0.1) is 0 Å². The maximum atomic E-state index is 8.55. The third-order valence-corrected chi connectivity index (χ3v) is 29.3. The fourth-order valence-corrected chi connectivity index (χ4v) is 30.9. The molecule has 6 aliphatic rings. The van der Waals surface area contributed by atoms with E-state index in [0.717, 1.165) is 11.5 Å². The molecule has 1 aliphatic heterocycles. The summed E-state index contributed by atoms with van der Waals surface area (Å²) in [5, 5.41) is 0. The molecular formula is C42H42Cl2O2Zr. The second-order valence-electron chi connectivity index (χ2n) is 14.1. The third-order valence-electron chi connectivity index (χ3n) is 12.3. The summed E-state index contributed by atoms with van der Waals surface area (Å²) in [6.45, 7) is 4.71. The Morgan fingerprint density at radius 2 is 1.02 bits per heavy atom. The maximum absolute atomic E-state index is 8.55. The number of ether oxygens (including phenoxy) is 2. The van der Waals surface area contributed by atoms with Crippen molar-refractivity contribution in [2.75, 3.05) is 14.2 Å². The molecule has 0 amide bonds. The fourth-order valence-electron chi connectivity index (χ4n) is 10.5. The second-order valence-corrected chi connectivity index (χ2v) is 28.6. The van der Waals surface area contributed by atoms with Crippen molar-refractivity contribution in [1.29, 1.82) is 0 Å². The van der Waals surface area contributed by atoms with E-state index in [1.54, 1.807) is 14.2 Å². The van der Waals surface area contributed by atoms with Gasteiger partial charge in [-0.3, -0.25) is 0 Å². The molecule has 47 heavy (non-hydrogen) atoms. The van der Waals surface area contributed by atoms with E-state index in [1.165, 1.54) is 70.2 Å². The van der Waals surface area contributed by atoms with Gasteiger partial charge in [0.05, 0.1) is 0 Å². The van der Waals surface area contributed by atoms with Crippen LogP contribution in [-0.4, -0.2) is 14.2 Å². The van der Waals surface area contributed by atoms with Crippen molar-refractivity contribution >= 4 is 17.0 Å². The number of methoxy groups -OCH3 is 2. The zero-order chi connectivity index (χ0) is 32.6. The summed E-state index contributed by atoms with van der Waals surface area (Å²) >= 11 is -4.40. The van der Waals surface area contributed by atoms with E-state index in [9.17, 15) is 0 Å². The fraction of sp³-hybridized carbons (Fsp3) is 0.333. The molecule has 6 unspecified atom stereocenters. The van der Waals surface area contributed by atoms with Crippen LogP contribution in [0.4, 0.5) is 0 Å². The molecule has 2 fully saturated rings. The zero-order valence-corrected chi connectivity index (χ0v) is 31.6. The van der Waals surface area contributed by atoms with Crippen molar-refractivity contribution in [3.05, 3.63) is 154 Å². The predicted octanol–water partition coefficient (Wildman–Crippen LogP) is 11.9. The van der Waals surface area contributed by atoms with Crippen LogP contribution < -0.4 is 9.47 Å². The Kier molecular flexibility index (Phi) is 7.94. The van der Waals surface area contributed by atoms with E-state index in [1.807, 2.05) is 0 Å². The SMILES string of the molecule is COc1ccc(C2C=CC=CC3=C2C=C(C)[C]32C3CCCCC3[C]3(C(C)=CC4=C3C=CC=CC4c3ccc(OC)cc3)[Zr]2([Cl])[Cl])cc1. The standard InChI is InChI=1S/C42H42O2.2ClH.Zr/c1-27-25-39-33(29-17-21-31(43-3)22-18-29)11-5-7-15-37(39)41(27)35-13-9-10-14-36(35)42-28(2)26-40-34(12-6-8-16-38(40)42)30-19-23-32(44-4)24-20-30;;;/h5-8,11-12,15-26,33-36H,9-10,13-14H2,1-4H3;2*1H;/q;;;+2/p-2. The molecule has 0 radical (unpaired) electrons. The summed E-state index contributed by atoms with van der Waals surface area (Å²) in [6, 6.07) is 17.1. The first-order valence-corrected chi connectivity index (χ1v) is 25.8. The summed E-state index contributed by atoms with van der Waals surface area (Å²) in [6.07, 6.45) is 28.1. The first kappa shape index (κ1) is 31.7. The van der Waals surface area contributed by atoms with Crippen LogP contribution in [0.2, 0.25) is 6.25 Å². The number of allylic oxidation sites excluding steroid dienone is 16. The average Bonchev–Trinajstić information content (AvgIpc) is 3.43. The molecule has 2 aromatic rings. The van der Waals surface area contributed by atoms with Crippen LogP contribution in [0.25, 0.3) is 0 Å². The van der Waals surface area contributed by atoms with Crippen molar-refractivity contribution < 1.29 is 27.4 Å². The summed E-state index contributed by atoms with van der Waals surface area (Å²) in [7, 11) is 20.6. The van der Waals surface area contributed by atoms with Gasteiger partial charge in [-0.05, 0) is 0 Å². The Balaban J connectivity index is 1.34. The Labute approximate surface area is 291 Å². The normalized spacial score (nSPS) is 33.1. The van der Waals surface area contributed by atoms with Crippen molar-refractivity contribution in [3.63, 3.8) is 0 Å². The number of hydrogen-bond donors (Lipinski definition) is 0. The van der Waals surface area contributed by atoms with Crippen LogP contribution in [0.3, 0.4) is 0 Å². The van der Waals surface area contributed by atoms with E-state index < -0.39 is 17.9 Å². The predicted molar refractivity (Wildman–Crippen MR) is 192 cm³/mol. The molecule has 2 aromatic carbocycles. The second kappa shape index (κ2) is 11.8. The molecule has 6 atom stereocenters. The van der Waals surface area contributed by atoms with Crippen LogP contribution in [-0.2, 0) is 17.9 Å². The van der Waals surface area contributed by atoms with Crippen molar-refractivity contribution in [3.8, 4) is 11.5 Å². The first-order chi connectivity index (χ1) is 22.8. The van der Waals surface area contributed by atoms with Gasteiger partial charge >= 0.3 is 293 Å². The van der Waals surface area contributed by atoms with Gasteiger partial charge in [-0.1, -0.05) is 0 Å². The van der Waals surface area contributed by atoms with Crippen LogP contribution >= 0.6 is 17.0 Å². The van der Waals surface area contributed by atoms with Crippen molar-refractivity contribution in [2.45, 2.75) is 57.6 Å². The number of benzene rings is 2. The summed E-state index contributed by atoms with van der Waals surface area (Å²) < 4.78 is 10.4. The van der Waals surface area contributed by atoms with Crippen LogP contribution in [0.5, 0.6) is 11.5 Å². The third kappa shape index (κ3) is 4.25. The molecule has 0 bridgehead atoms. The molecule has 2 spiro atoms. The summed E-state index contributed by atoms with van der Waals surface area (Å²) in [5.74, 6) is 2.82. The van der Waals surface area contributed by atoms with Crippen molar-refractivity contribution in [1.82, 2.24) is 0 Å².